The van der Waals surface area contributed by atoms with Crippen LogP contribution in [0.3, 0.4) is 0 Å². The van der Waals surface area contributed by atoms with E-state index in [0.717, 1.165) is 0 Å². The number of carbonyl (C=O) groups is 4. The Labute approximate surface area is 225 Å². The Bertz CT molecular complexity index is 1090. The van der Waals surface area contributed by atoms with Crippen LogP contribution in [0.5, 0.6) is 0 Å². The highest BCUT2D eigenvalue weighted by Crippen LogP contribution is 2.12. The van der Waals surface area contributed by atoms with Crippen LogP contribution in [0, 0.1) is 11.8 Å². The van der Waals surface area contributed by atoms with Gasteiger partial charge >= 0.3 is 0 Å². The molecule has 0 radical (unpaired) electrons. The number of carbonyl (C=O) groups excluding carboxylic acids is 4. The Morgan fingerprint density at radius 1 is 0.711 bits per heavy atom. The molecule has 0 aliphatic heterocycles. The van der Waals surface area contributed by atoms with E-state index in [1.807, 2.05) is 39.8 Å². The van der Waals surface area contributed by atoms with Gasteiger partial charge in [-0.05, 0) is 36.1 Å². The van der Waals surface area contributed by atoms with E-state index in [1.54, 1.807) is 48.5 Å². The molecule has 4 atom stereocenters. The summed E-state index contributed by atoms with van der Waals surface area (Å²) in [6.45, 7) is 11.9. The summed E-state index contributed by atoms with van der Waals surface area (Å²) in [6, 6.07) is 16.1. The lowest BCUT2D eigenvalue weighted by molar-refractivity contribution is -0.124. The number of amides is 4. The Morgan fingerprint density at radius 3 is 1.55 bits per heavy atom. The highest BCUT2D eigenvalue weighted by Gasteiger charge is 2.28. The third-order valence-corrected chi connectivity index (χ3v) is 6.66. The van der Waals surface area contributed by atoms with Gasteiger partial charge in [0, 0.05) is 29.8 Å². The molecular weight excluding hydrogens is 480 g/mol. The lowest BCUT2D eigenvalue weighted by atomic mass is 9.97. The molecule has 0 spiro atoms. The average molecular weight is 521 g/mol. The van der Waals surface area contributed by atoms with Gasteiger partial charge in [-0.2, -0.15) is 0 Å². The zero-order chi connectivity index (χ0) is 28.1. The van der Waals surface area contributed by atoms with E-state index in [2.05, 4.69) is 27.8 Å². The number of benzene rings is 2. The molecule has 4 amide bonds. The van der Waals surface area contributed by atoms with Crippen LogP contribution < -0.4 is 21.3 Å². The third kappa shape index (κ3) is 9.18. The Kier molecular flexibility index (Phi) is 12.2. The van der Waals surface area contributed by atoms with Crippen LogP contribution in [-0.2, 0) is 9.59 Å². The van der Waals surface area contributed by atoms with Crippen molar-refractivity contribution in [2.45, 2.75) is 59.0 Å². The van der Waals surface area contributed by atoms with Crippen molar-refractivity contribution in [3.63, 3.8) is 0 Å². The third-order valence-electron chi connectivity index (χ3n) is 6.66. The SMILES string of the molecule is C=C(CCNC(=O)[C@@H](NC(=O)c1ccccc1)C(C)CC)NC(=O)[C@@H](NC(=O)c1ccccc1)C(C)CC. The van der Waals surface area contributed by atoms with Crippen molar-refractivity contribution in [1.82, 2.24) is 21.3 Å². The molecule has 8 heteroatoms. The van der Waals surface area contributed by atoms with Crippen molar-refractivity contribution in [1.29, 1.82) is 0 Å². The molecule has 0 aromatic heterocycles. The smallest absolute Gasteiger partial charge is 0.251 e. The quantitative estimate of drug-likeness (QED) is 0.303. The summed E-state index contributed by atoms with van der Waals surface area (Å²) in [4.78, 5) is 51.1. The van der Waals surface area contributed by atoms with E-state index in [4.69, 9.17) is 0 Å². The van der Waals surface area contributed by atoms with Crippen LogP contribution in [-0.4, -0.2) is 42.3 Å². The van der Waals surface area contributed by atoms with Gasteiger partial charge in [0.05, 0.1) is 0 Å². The van der Waals surface area contributed by atoms with Gasteiger partial charge in [-0.15, -0.1) is 0 Å². The van der Waals surface area contributed by atoms with Crippen LogP contribution in [0.15, 0.2) is 72.9 Å². The molecule has 2 aromatic rings. The van der Waals surface area contributed by atoms with E-state index in [0.29, 0.717) is 36.1 Å². The molecule has 0 bridgehead atoms. The van der Waals surface area contributed by atoms with Crippen LogP contribution >= 0.6 is 0 Å². The molecule has 38 heavy (non-hydrogen) atoms. The van der Waals surface area contributed by atoms with Crippen molar-refractivity contribution in [3.05, 3.63) is 84.1 Å². The van der Waals surface area contributed by atoms with E-state index >= 15 is 0 Å². The summed E-state index contributed by atoms with van der Waals surface area (Å²) < 4.78 is 0. The molecule has 0 heterocycles. The standard InChI is InChI=1S/C30H40N4O4/c1-6-20(3)25(33-27(35)23-14-10-8-11-15-23)29(37)31-19-18-22(5)32-30(38)26(21(4)7-2)34-28(36)24-16-12-9-13-17-24/h8-17,20-21,25-26H,5-7,18-19H2,1-4H3,(H,31,37)(H,32,38)(H,33,35)(H,34,36)/t20?,21?,25-,26-/m0/s1. The maximum atomic E-state index is 13.0. The maximum Gasteiger partial charge on any atom is 0.251 e. The number of nitrogens with one attached hydrogen (secondary N) is 4. The molecule has 0 aliphatic rings. The van der Waals surface area contributed by atoms with E-state index in [-0.39, 0.29) is 42.0 Å². The predicted octanol–water partition coefficient (Wildman–Crippen LogP) is 3.81. The largest absolute Gasteiger partial charge is 0.354 e. The lowest BCUT2D eigenvalue weighted by Gasteiger charge is -2.25. The second kappa shape index (κ2) is 15.3. The van der Waals surface area contributed by atoms with Gasteiger partial charge < -0.3 is 21.3 Å². The molecule has 4 N–H and O–H groups in total. The van der Waals surface area contributed by atoms with Gasteiger partial charge in [0.15, 0.2) is 0 Å². The Hall–Kier alpha value is -3.94. The summed E-state index contributed by atoms with van der Waals surface area (Å²) in [7, 11) is 0. The zero-order valence-corrected chi connectivity index (χ0v) is 22.8. The molecule has 2 rings (SSSR count). The predicted molar refractivity (Wildman–Crippen MR) is 149 cm³/mol. The van der Waals surface area contributed by atoms with Crippen molar-refractivity contribution >= 4 is 23.6 Å². The summed E-state index contributed by atoms with van der Waals surface area (Å²) in [5.41, 5.74) is 1.39. The topological polar surface area (TPSA) is 116 Å². The van der Waals surface area contributed by atoms with Gasteiger partial charge in [-0.1, -0.05) is 83.5 Å². The van der Waals surface area contributed by atoms with E-state index < -0.39 is 12.1 Å². The fraction of sp³-hybridized carbons (Fsp3) is 0.400. The minimum atomic E-state index is -0.734. The van der Waals surface area contributed by atoms with Gasteiger partial charge in [-0.25, -0.2) is 0 Å². The molecule has 8 nitrogen and oxygen atoms in total. The number of hydrogen-bond acceptors (Lipinski definition) is 4. The zero-order valence-electron chi connectivity index (χ0n) is 22.8. The fourth-order valence-electron chi connectivity index (χ4n) is 3.79. The molecular formula is C30H40N4O4. The summed E-state index contributed by atoms with van der Waals surface area (Å²) in [6.07, 6.45) is 1.71. The molecule has 2 unspecified atom stereocenters. The minimum absolute atomic E-state index is 0.0740. The minimum Gasteiger partial charge on any atom is -0.354 e. The summed E-state index contributed by atoms with van der Waals surface area (Å²) in [5, 5.41) is 11.3. The Morgan fingerprint density at radius 2 is 1.13 bits per heavy atom. The van der Waals surface area contributed by atoms with Gasteiger partial charge in [0.2, 0.25) is 11.8 Å². The highest BCUT2D eigenvalue weighted by molar-refractivity contribution is 5.98. The molecule has 0 aliphatic carbocycles. The first kappa shape index (κ1) is 30.3. The summed E-state index contributed by atoms with van der Waals surface area (Å²) in [5.74, 6) is -1.45. The molecule has 2 aromatic carbocycles. The van der Waals surface area contributed by atoms with E-state index in [1.165, 1.54) is 0 Å². The highest BCUT2D eigenvalue weighted by atomic mass is 16.2. The molecule has 0 saturated carbocycles. The van der Waals surface area contributed by atoms with Gasteiger partial charge in [-0.3, -0.25) is 19.2 Å². The number of hydrogen-bond donors (Lipinski definition) is 4. The normalized spacial score (nSPS) is 13.8. The monoisotopic (exact) mass is 520 g/mol. The molecule has 0 saturated heterocycles. The van der Waals surface area contributed by atoms with Crippen LogP contribution in [0.4, 0.5) is 0 Å². The molecule has 204 valence electrons. The van der Waals surface area contributed by atoms with Crippen molar-refractivity contribution in [2.24, 2.45) is 11.8 Å². The second-order valence-corrected chi connectivity index (χ2v) is 9.54. The fourth-order valence-corrected chi connectivity index (χ4v) is 3.79. The van der Waals surface area contributed by atoms with Crippen LogP contribution in [0.25, 0.3) is 0 Å². The average Bonchev–Trinajstić information content (AvgIpc) is 2.94. The Balaban J connectivity index is 1.91. The first-order valence-corrected chi connectivity index (χ1v) is 13.2. The van der Waals surface area contributed by atoms with Crippen LogP contribution in [0.2, 0.25) is 0 Å². The van der Waals surface area contributed by atoms with Crippen molar-refractivity contribution < 1.29 is 19.2 Å². The number of rotatable bonds is 14. The molecule has 0 fully saturated rings. The van der Waals surface area contributed by atoms with E-state index in [9.17, 15) is 19.2 Å². The second-order valence-electron chi connectivity index (χ2n) is 9.54. The summed E-state index contributed by atoms with van der Waals surface area (Å²) >= 11 is 0. The first-order valence-electron chi connectivity index (χ1n) is 13.2. The first-order chi connectivity index (χ1) is 18.2. The van der Waals surface area contributed by atoms with Crippen molar-refractivity contribution in [3.8, 4) is 0 Å². The lowest BCUT2D eigenvalue weighted by Crippen LogP contribution is -2.51. The van der Waals surface area contributed by atoms with Crippen LogP contribution in [0.1, 0.15) is 67.7 Å². The van der Waals surface area contributed by atoms with Gasteiger partial charge in [0.25, 0.3) is 11.8 Å². The van der Waals surface area contributed by atoms with Crippen molar-refractivity contribution in [2.75, 3.05) is 6.54 Å². The maximum absolute atomic E-state index is 13.0. The van der Waals surface area contributed by atoms with Gasteiger partial charge in [0.1, 0.15) is 12.1 Å².